The fourth-order valence-corrected chi connectivity index (χ4v) is 2.35. The van der Waals surface area contributed by atoms with Crippen molar-refractivity contribution in [1.29, 1.82) is 5.26 Å². The summed E-state index contributed by atoms with van der Waals surface area (Å²) in [5, 5.41) is 22.7. The smallest absolute Gasteiger partial charge is 0.316 e. The van der Waals surface area contributed by atoms with Crippen molar-refractivity contribution < 1.29 is 14.7 Å². The molecule has 1 aromatic carbocycles. The molecule has 1 aromatic rings. The summed E-state index contributed by atoms with van der Waals surface area (Å²) in [7, 11) is 0. The van der Waals surface area contributed by atoms with Crippen molar-refractivity contribution in [3.05, 3.63) is 40.6 Å². The Morgan fingerprint density at radius 3 is 2.75 bits per heavy atom. The highest BCUT2D eigenvalue weighted by atomic mass is 32.2. The van der Waals surface area contributed by atoms with Crippen molar-refractivity contribution in [2.45, 2.75) is 12.2 Å². The van der Waals surface area contributed by atoms with Gasteiger partial charge in [-0.3, -0.25) is 9.59 Å². The summed E-state index contributed by atoms with van der Waals surface area (Å²) in [6.07, 6.45) is 0. The van der Waals surface area contributed by atoms with Crippen LogP contribution in [0.25, 0.3) is 0 Å². The van der Waals surface area contributed by atoms with Gasteiger partial charge in [0.15, 0.2) is 0 Å². The minimum absolute atomic E-state index is 0.128. The van der Waals surface area contributed by atoms with Crippen LogP contribution >= 0.6 is 11.8 Å². The van der Waals surface area contributed by atoms with Gasteiger partial charge in [-0.1, -0.05) is 23.9 Å². The van der Waals surface area contributed by atoms with E-state index in [4.69, 9.17) is 10.4 Å². The number of amides is 1. The number of hydrogen-bond donors (Lipinski definition) is 3. The van der Waals surface area contributed by atoms with Gasteiger partial charge in [-0.15, -0.1) is 0 Å². The predicted octanol–water partition coefficient (Wildman–Crippen LogP) is 1.74. The molecule has 2 rings (SSSR count). The number of thioether (sulfide) groups is 1. The van der Waals surface area contributed by atoms with E-state index in [9.17, 15) is 9.59 Å². The van der Waals surface area contributed by atoms with Gasteiger partial charge in [-0.25, -0.2) is 0 Å². The predicted molar refractivity (Wildman–Crippen MR) is 74.9 cm³/mol. The molecular formula is C13H11N3O3S. The molecule has 1 amide bonds. The second-order valence-corrected chi connectivity index (χ2v) is 5.39. The van der Waals surface area contributed by atoms with Crippen molar-refractivity contribution >= 4 is 29.3 Å². The molecule has 1 atom stereocenters. The number of carbonyl (C=O) groups excluding carboxylic acids is 1. The van der Waals surface area contributed by atoms with E-state index in [1.165, 1.54) is 6.92 Å². The zero-order chi connectivity index (χ0) is 14.7. The van der Waals surface area contributed by atoms with Crippen LogP contribution in [0.15, 0.2) is 35.0 Å². The Hall–Kier alpha value is -2.46. The van der Waals surface area contributed by atoms with Crippen LogP contribution in [0.5, 0.6) is 0 Å². The summed E-state index contributed by atoms with van der Waals surface area (Å²) >= 11 is 0.878. The minimum atomic E-state index is -1.02. The Kier molecular flexibility index (Phi) is 3.96. The molecule has 0 saturated heterocycles. The van der Waals surface area contributed by atoms with Crippen LogP contribution in [-0.4, -0.2) is 22.2 Å². The molecule has 7 heteroatoms. The maximum absolute atomic E-state index is 11.9. The van der Waals surface area contributed by atoms with Crippen LogP contribution in [0.1, 0.15) is 17.3 Å². The number of anilines is 1. The van der Waals surface area contributed by atoms with Gasteiger partial charge >= 0.3 is 5.97 Å². The molecule has 102 valence electrons. The van der Waals surface area contributed by atoms with E-state index < -0.39 is 11.2 Å². The second kappa shape index (κ2) is 5.67. The highest BCUT2D eigenvalue weighted by Crippen LogP contribution is 2.28. The lowest BCUT2D eigenvalue weighted by atomic mass is 10.1. The molecule has 1 heterocycles. The van der Waals surface area contributed by atoms with Crippen LogP contribution < -0.4 is 10.6 Å². The number of carboxylic acid groups (broad SMARTS) is 1. The van der Waals surface area contributed by atoms with Gasteiger partial charge in [0, 0.05) is 0 Å². The summed E-state index contributed by atoms with van der Waals surface area (Å²) in [6, 6.07) is 8.79. The molecule has 3 N–H and O–H groups in total. The van der Waals surface area contributed by atoms with Crippen LogP contribution in [0.3, 0.4) is 0 Å². The van der Waals surface area contributed by atoms with Crippen LogP contribution in [0, 0.1) is 11.3 Å². The fourth-order valence-electron chi connectivity index (χ4n) is 1.62. The fraction of sp³-hybridized carbons (Fsp3) is 0.154. The summed E-state index contributed by atoms with van der Waals surface area (Å²) in [4.78, 5) is 22.9. The summed E-state index contributed by atoms with van der Waals surface area (Å²) < 4.78 is 0. The Bertz CT molecular complexity index is 649. The maximum Gasteiger partial charge on any atom is 0.316 e. The lowest BCUT2D eigenvalue weighted by Crippen LogP contribution is -2.33. The number of nitriles is 1. The van der Waals surface area contributed by atoms with Gasteiger partial charge in [0.1, 0.15) is 22.0 Å². The molecule has 0 radical (unpaired) electrons. The van der Waals surface area contributed by atoms with Crippen molar-refractivity contribution in [3.8, 4) is 6.07 Å². The molecule has 6 nitrogen and oxygen atoms in total. The van der Waals surface area contributed by atoms with E-state index in [1.807, 2.05) is 6.07 Å². The third-order valence-corrected chi connectivity index (χ3v) is 3.73. The normalized spacial score (nSPS) is 17.1. The number of rotatable bonds is 3. The number of benzene rings is 1. The number of aliphatic carboxylic acids is 1. The number of fused-ring (bicyclic) bond motifs is 1. The first-order valence-electron chi connectivity index (χ1n) is 5.74. The van der Waals surface area contributed by atoms with E-state index in [0.29, 0.717) is 11.3 Å². The van der Waals surface area contributed by atoms with Crippen molar-refractivity contribution in [1.82, 2.24) is 5.32 Å². The van der Waals surface area contributed by atoms with E-state index in [0.717, 1.165) is 11.8 Å². The first-order chi connectivity index (χ1) is 9.52. The quantitative estimate of drug-likeness (QED) is 0.732. The van der Waals surface area contributed by atoms with Gasteiger partial charge in [0.05, 0.1) is 11.3 Å². The molecule has 1 unspecified atom stereocenters. The molecule has 0 bridgehead atoms. The zero-order valence-electron chi connectivity index (χ0n) is 10.5. The molecule has 0 aliphatic carbocycles. The number of nitrogens with zero attached hydrogens (tertiary/aromatic N) is 1. The molecule has 0 fully saturated rings. The van der Waals surface area contributed by atoms with E-state index in [1.54, 1.807) is 24.3 Å². The van der Waals surface area contributed by atoms with Crippen LogP contribution in [0.2, 0.25) is 0 Å². The maximum atomic E-state index is 11.9. The number of carboxylic acids is 1. The average Bonchev–Trinajstić information content (AvgIpc) is 2.44. The molecule has 0 spiro atoms. The zero-order valence-corrected chi connectivity index (χ0v) is 11.3. The summed E-state index contributed by atoms with van der Waals surface area (Å²) in [6.45, 7) is 1.48. The standard InChI is InChI=1S/C13H11N3O3S/c1-7(13(18)19)20-10(6-14)11-15-9-5-3-2-4-8(9)12(17)16-11/h2-5,7,15H,1H3,(H,16,17)(H,18,19)/b11-10+. The molecule has 20 heavy (non-hydrogen) atoms. The molecule has 0 aromatic heterocycles. The van der Waals surface area contributed by atoms with Crippen LogP contribution in [-0.2, 0) is 4.79 Å². The topological polar surface area (TPSA) is 102 Å². The molecule has 0 saturated carbocycles. The second-order valence-electron chi connectivity index (χ2n) is 4.04. The van der Waals surface area contributed by atoms with E-state index >= 15 is 0 Å². The van der Waals surface area contributed by atoms with Gasteiger partial charge < -0.3 is 15.7 Å². The molecular weight excluding hydrogens is 278 g/mol. The Labute approximate surface area is 119 Å². The number of carbonyl (C=O) groups is 2. The largest absolute Gasteiger partial charge is 0.480 e. The number of hydrogen-bond acceptors (Lipinski definition) is 5. The van der Waals surface area contributed by atoms with Gasteiger partial charge in [0.2, 0.25) is 0 Å². The van der Waals surface area contributed by atoms with Crippen molar-refractivity contribution in [2.24, 2.45) is 0 Å². The van der Waals surface area contributed by atoms with E-state index in [2.05, 4.69) is 10.6 Å². The third-order valence-electron chi connectivity index (χ3n) is 2.64. The van der Waals surface area contributed by atoms with Crippen molar-refractivity contribution in [3.63, 3.8) is 0 Å². The monoisotopic (exact) mass is 289 g/mol. The van der Waals surface area contributed by atoms with E-state index in [-0.39, 0.29) is 16.6 Å². The van der Waals surface area contributed by atoms with Gasteiger partial charge in [0.25, 0.3) is 5.91 Å². The molecule has 1 aliphatic heterocycles. The summed E-state index contributed by atoms with van der Waals surface area (Å²) in [5.41, 5.74) is 1.06. The summed E-state index contributed by atoms with van der Waals surface area (Å²) in [5.74, 6) is -1.13. The number of nitrogens with one attached hydrogen (secondary N) is 2. The van der Waals surface area contributed by atoms with Crippen molar-refractivity contribution in [2.75, 3.05) is 5.32 Å². The Morgan fingerprint density at radius 2 is 2.10 bits per heavy atom. The lowest BCUT2D eigenvalue weighted by Gasteiger charge is -2.22. The highest BCUT2D eigenvalue weighted by molar-refractivity contribution is 8.04. The minimum Gasteiger partial charge on any atom is -0.480 e. The van der Waals surface area contributed by atoms with Crippen LogP contribution in [0.4, 0.5) is 5.69 Å². The number of para-hydroxylation sites is 1. The van der Waals surface area contributed by atoms with Gasteiger partial charge in [-0.2, -0.15) is 5.26 Å². The molecule has 1 aliphatic rings. The SMILES string of the molecule is CC(S/C(C#N)=C1/NC(=O)c2ccccc2N1)C(=O)O. The number of allylic oxidation sites excluding steroid dienone is 1. The lowest BCUT2D eigenvalue weighted by molar-refractivity contribution is -0.136. The average molecular weight is 289 g/mol. The first-order valence-corrected chi connectivity index (χ1v) is 6.62. The Morgan fingerprint density at radius 1 is 1.40 bits per heavy atom. The first kappa shape index (κ1) is 14.0. The third kappa shape index (κ3) is 2.75. The Balaban J connectivity index is 2.33. The highest BCUT2D eigenvalue weighted by Gasteiger charge is 2.24. The van der Waals surface area contributed by atoms with Gasteiger partial charge in [-0.05, 0) is 19.1 Å².